The average Bonchev–Trinajstić information content (AvgIpc) is 3.60. The van der Waals surface area contributed by atoms with E-state index in [-0.39, 0.29) is 22.3 Å². The number of alkyl halides is 4. The van der Waals surface area contributed by atoms with Crippen molar-refractivity contribution >= 4 is 29.1 Å². The Morgan fingerprint density at radius 3 is 2.45 bits per heavy atom. The van der Waals surface area contributed by atoms with Gasteiger partial charge in [0.25, 0.3) is 11.8 Å². The first-order valence-electron chi connectivity index (χ1n) is 9.76. The van der Waals surface area contributed by atoms with Gasteiger partial charge in [0.05, 0.1) is 10.6 Å². The smallest absolute Gasteiger partial charge is 0.349 e. The van der Waals surface area contributed by atoms with Crippen molar-refractivity contribution in [2.24, 2.45) is 13.0 Å². The van der Waals surface area contributed by atoms with E-state index >= 15 is 0 Å². The van der Waals surface area contributed by atoms with Gasteiger partial charge in [0, 0.05) is 18.8 Å². The number of rotatable bonds is 6. The van der Waals surface area contributed by atoms with E-state index < -0.39 is 47.0 Å². The van der Waals surface area contributed by atoms with Crippen molar-refractivity contribution in [3.8, 4) is 0 Å². The van der Waals surface area contributed by atoms with E-state index in [9.17, 15) is 27.2 Å². The molecule has 4 rings (SSSR count). The van der Waals surface area contributed by atoms with Crippen molar-refractivity contribution in [3.05, 3.63) is 45.7 Å². The highest BCUT2D eigenvalue weighted by Gasteiger charge is 2.46. The van der Waals surface area contributed by atoms with Gasteiger partial charge < -0.3 is 10.6 Å². The highest BCUT2D eigenvalue weighted by molar-refractivity contribution is 6.34. The largest absolute Gasteiger partial charge is 0.420 e. The summed E-state index contributed by atoms with van der Waals surface area (Å²) in [5, 5.41) is 8.91. The van der Waals surface area contributed by atoms with Gasteiger partial charge in [0.1, 0.15) is 23.1 Å². The van der Waals surface area contributed by atoms with Gasteiger partial charge in [-0.15, -0.1) is 0 Å². The van der Waals surface area contributed by atoms with Gasteiger partial charge in [-0.1, -0.05) is 11.6 Å². The van der Waals surface area contributed by atoms with Crippen LogP contribution in [0.1, 0.15) is 64.0 Å². The van der Waals surface area contributed by atoms with Gasteiger partial charge >= 0.3 is 6.18 Å². The number of nitrogens with one attached hydrogen (secondary N) is 2. The second-order valence-corrected chi connectivity index (χ2v) is 8.27. The summed E-state index contributed by atoms with van der Waals surface area (Å²) in [5.41, 5.74) is -2.79. The van der Waals surface area contributed by atoms with Crippen molar-refractivity contribution in [1.29, 1.82) is 0 Å². The van der Waals surface area contributed by atoms with Crippen LogP contribution in [0.15, 0.2) is 18.2 Å². The van der Waals surface area contributed by atoms with Crippen LogP contribution in [0.4, 0.5) is 23.2 Å². The molecule has 0 radical (unpaired) electrons. The number of amides is 2. The third-order valence-corrected chi connectivity index (χ3v) is 5.58. The van der Waals surface area contributed by atoms with Crippen molar-refractivity contribution in [2.75, 3.05) is 5.32 Å². The number of aryl methyl sites for hydroxylation is 1. The minimum atomic E-state index is -4.97. The number of aromatic nitrogens is 2. The van der Waals surface area contributed by atoms with Crippen LogP contribution in [0.25, 0.3) is 0 Å². The Balaban J connectivity index is 1.63. The molecule has 6 nitrogen and oxygen atoms in total. The molecule has 2 aliphatic rings. The van der Waals surface area contributed by atoms with Crippen molar-refractivity contribution < 1.29 is 27.2 Å². The Labute approximate surface area is 179 Å². The fourth-order valence-electron chi connectivity index (χ4n) is 3.35. The fourth-order valence-corrected chi connectivity index (χ4v) is 3.55. The molecule has 0 saturated heterocycles. The molecule has 1 heterocycles. The standard InChI is InChI=1S/C20H19ClF4N4O2/c1-29-17(14(20(23,24)25)16(28-29)15(22)9-2-3-9)19(31)27-11-6-7-13(21)12(8-11)18(30)26-10-4-5-10/h6-10,15H,2-5H2,1H3,(H,26,30)(H,27,31). The summed E-state index contributed by atoms with van der Waals surface area (Å²) in [7, 11) is 1.16. The van der Waals surface area contributed by atoms with Crippen LogP contribution in [0, 0.1) is 5.92 Å². The molecule has 0 bridgehead atoms. The maximum absolute atomic E-state index is 14.5. The monoisotopic (exact) mass is 458 g/mol. The van der Waals surface area contributed by atoms with E-state index in [0.29, 0.717) is 12.8 Å². The molecule has 1 aromatic heterocycles. The topological polar surface area (TPSA) is 76.0 Å². The van der Waals surface area contributed by atoms with Crippen molar-refractivity contribution in [1.82, 2.24) is 15.1 Å². The SMILES string of the molecule is Cn1nc(C(F)C2CC2)c(C(F)(F)F)c1C(=O)Nc1ccc(Cl)c(C(=O)NC2CC2)c1. The molecular formula is C20H19ClF4N4O2. The molecule has 1 aromatic carbocycles. The highest BCUT2D eigenvalue weighted by atomic mass is 35.5. The van der Waals surface area contributed by atoms with Gasteiger partial charge in [-0.2, -0.15) is 18.3 Å². The number of halogens is 5. The maximum atomic E-state index is 14.5. The van der Waals surface area contributed by atoms with Crippen LogP contribution in [0.5, 0.6) is 0 Å². The second kappa shape index (κ2) is 7.81. The predicted molar refractivity (Wildman–Crippen MR) is 105 cm³/mol. The predicted octanol–water partition coefficient (Wildman–Crippen LogP) is 4.66. The number of hydrogen-bond acceptors (Lipinski definition) is 3. The maximum Gasteiger partial charge on any atom is 0.420 e. The third kappa shape index (κ3) is 4.53. The normalized spacial score (nSPS) is 17.4. The van der Waals surface area contributed by atoms with Crippen LogP contribution in [-0.4, -0.2) is 27.6 Å². The summed E-state index contributed by atoms with van der Waals surface area (Å²) in [5.74, 6) is -2.07. The summed E-state index contributed by atoms with van der Waals surface area (Å²) in [6.45, 7) is 0. The number of benzene rings is 1. The summed E-state index contributed by atoms with van der Waals surface area (Å²) >= 11 is 6.05. The molecule has 1 unspecified atom stereocenters. The van der Waals surface area contributed by atoms with Crippen molar-refractivity contribution in [2.45, 2.75) is 44.1 Å². The summed E-state index contributed by atoms with van der Waals surface area (Å²) in [6.07, 6.45) is -4.18. The van der Waals surface area contributed by atoms with Gasteiger partial charge in [0.15, 0.2) is 0 Å². The Morgan fingerprint density at radius 2 is 1.87 bits per heavy atom. The number of carbonyl (C=O) groups is 2. The fraction of sp³-hybridized carbons (Fsp3) is 0.450. The first kappa shape index (κ1) is 21.6. The first-order valence-corrected chi connectivity index (χ1v) is 10.1. The molecule has 2 saturated carbocycles. The average molecular weight is 459 g/mol. The van der Waals surface area contributed by atoms with E-state index in [1.165, 1.54) is 18.2 Å². The van der Waals surface area contributed by atoms with Gasteiger partial charge in [0.2, 0.25) is 0 Å². The molecule has 2 amide bonds. The van der Waals surface area contributed by atoms with Crippen LogP contribution in [0.3, 0.4) is 0 Å². The van der Waals surface area contributed by atoms with Gasteiger partial charge in [-0.3, -0.25) is 14.3 Å². The Morgan fingerprint density at radius 1 is 1.19 bits per heavy atom. The highest BCUT2D eigenvalue weighted by Crippen LogP contribution is 2.47. The number of hydrogen-bond donors (Lipinski definition) is 2. The molecule has 166 valence electrons. The molecular weight excluding hydrogens is 440 g/mol. The molecule has 2 N–H and O–H groups in total. The zero-order valence-corrected chi connectivity index (χ0v) is 17.1. The van der Waals surface area contributed by atoms with Crippen LogP contribution in [0.2, 0.25) is 5.02 Å². The minimum absolute atomic E-state index is 0.0733. The van der Waals surface area contributed by atoms with E-state index in [1.807, 2.05) is 0 Å². The Hall–Kier alpha value is -2.62. The lowest BCUT2D eigenvalue weighted by Crippen LogP contribution is -2.26. The molecule has 2 aromatic rings. The zero-order chi connectivity index (χ0) is 22.5. The van der Waals surface area contributed by atoms with E-state index in [1.54, 1.807) is 0 Å². The van der Waals surface area contributed by atoms with E-state index in [2.05, 4.69) is 15.7 Å². The van der Waals surface area contributed by atoms with E-state index in [4.69, 9.17) is 11.6 Å². The van der Waals surface area contributed by atoms with Gasteiger partial charge in [-0.05, 0) is 49.8 Å². The van der Waals surface area contributed by atoms with Crippen LogP contribution in [-0.2, 0) is 13.2 Å². The Kier molecular flexibility index (Phi) is 5.45. The minimum Gasteiger partial charge on any atom is -0.349 e. The number of carbonyl (C=O) groups excluding carboxylic acids is 2. The lowest BCUT2D eigenvalue weighted by Gasteiger charge is -2.13. The molecule has 2 fully saturated rings. The zero-order valence-electron chi connectivity index (χ0n) is 16.4. The van der Waals surface area contributed by atoms with Crippen molar-refractivity contribution in [3.63, 3.8) is 0 Å². The lowest BCUT2D eigenvalue weighted by molar-refractivity contribution is -0.139. The molecule has 11 heteroatoms. The summed E-state index contributed by atoms with van der Waals surface area (Å²) in [6, 6.07) is 4.08. The number of anilines is 1. The summed E-state index contributed by atoms with van der Waals surface area (Å²) in [4.78, 5) is 25.0. The lowest BCUT2D eigenvalue weighted by atomic mass is 10.1. The third-order valence-electron chi connectivity index (χ3n) is 5.25. The molecule has 1 atom stereocenters. The number of nitrogens with zero attached hydrogens (tertiary/aromatic N) is 2. The molecule has 2 aliphatic carbocycles. The van der Waals surface area contributed by atoms with Crippen LogP contribution >= 0.6 is 11.6 Å². The van der Waals surface area contributed by atoms with E-state index in [0.717, 1.165) is 24.6 Å². The summed E-state index contributed by atoms with van der Waals surface area (Å²) < 4.78 is 56.5. The molecule has 0 aliphatic heterocycles. The Bertz CT molecular complexity index is 1040. The second-order valence-electron chi connectivity index (χ2n) is 7.87. The van der Waals surface area contributed by atoms with Gasteiger partial charge in [-0.25, -0.2) is 4.39 Å². The molecule has 31 heavy (non-hydrogen) atoms. The molecule has 0 spiro atoms. The quantitative estimate of drug-likeness (QED) is 0.618. The first-order chi connectivity index (χ1) is 14.6. The van der Waals surface area contributed by atoms with Crippen LogP contribution < -0.4 is 10.6 Å².